The Kier molecular flexibility index (Phi) is 3.87. The van der Waals surface area contributed by atoms with Gasteiger partial charge in [0.1, 0.15) is 11.9 Å². The zero-order chi connectivity index (χ0) is 12.3. The summed E-state index contributed by atoms with van der Waals surface area (Å²) in [6, 6.07) is 7.85. The maximum Gasteiger partial charge on any atom is 0.123 e. The summed E-state index contributed by atoms with van der Waals surface area (Å²) in [5.74, 6) is 0.920. The van der Waals surface area contributed by atoms with E-state index in [1.54, 1.807) is 12.1 Å². The Morgan fingerprint density at radius 2 is 1.88 bits per heavy atom. The van der Waals surface area contributed by atoms with E-state index in [2.05, 4.69) is 6.07 Å². The molecule has 5 heteroatoms. The first kappa shape index (κ1) is 12.2. The lowest BCUT2D eigenvalue weighted by molar-refractivity contribution is 0.259. The van der Waals surface area contributed by atoms with Gasteiger partial charge >= 0.3 is 0 Å². The summed E-state index contributed by atoms with van der Waals surface area (Å²) in [5, 5.41) is 9.21. The van der Waals surface area contributed by atoms with E-state index >= 15 is 0 Å². The molecule has 1 aromatic rings. The summed E-state index contributed by atoms with van der Waals surface area (Å²) in [6.45, 7) is 1.31. The van der Waals surface area contributed by atoms with Crippen molar-refractivity contribution in [1.82, 2.24) is 4.90 Å². The minimum Gasteiger partial charge on any atom is -0.283 e. The summed E-state index contributed by atoms with van der Waals surface area (Å²) < 4.78 is 24.1. The van der Waals surface area contributed by atoms with Crippen LogP contribution >= 0.6 is 0 Å². The van der Waals surface area contributed by atoms with Gasteiger partial charge in [-0.25, -0.2) is 4.39 Å². The summed E-state index contributed by atoms with van der Waals surface area (Å²) in [5.41, 5.74) is 0.793. The van der Waals surface area contributed by atoms with Gasteiger partial charge in [-0.3, -0.25) is 9.11 Å². The van der Waals surface area contributed by atoms with Gasteiger partial charge in [-0.2, -0.15) is 5.26 Å². The van der Waals surface area contributed by atoms with Crippen LogP contribution in [0.1, 0.15) is 11.6 Å². The predicted octanol–water partition coefficient (Wildman–Crippen LogP) is 1.45. The zero-order valence-corrected chi connectivity index (χ0v) is 10.1. The minimum atomic E-state index is -0.751. The molecule has 1 aliphatic rings. The molecule has 1 unspecified atom stereocenters. The van der Waals surface area contributed by atoms with Crippen molar-refractivity contribution in [3.8, 4) is 6.07 Å². The largest absolute Gasteiger partial charge is 0.283 e. The van der Waals surface area contributed by atoms with Gasteiger partial charge in [-0.05, 0) is 17.7 Å². The van der Waals surface area contributed by atoms with Gasteiger partial charge in [-0.1, -0.05) is 12.1 Å². The molecule has 0 bridgehead atoms. The molecule has 0 aliphatic carbocycles. The van der Waals surface area contributed by atoms with Crippen LogP contribution in [-0.4, -0.2) is 33.7 Å². The molecule has 0 spiro atoms. The molecular formula is C12H13FN2OS. The number of benzene rings is 1. The molecule has 90 valence electrons. The minimum absolute atomic E-state index is 0.301. The average Bonchev–Trinajstić information content (AvgIpc) is 2.35. The zero-order valence-electron chi connectivity index (χ0n) is 9.30. The van der Waals surface area contributed by atoms with Gasteiger partial charge < -0.3 is 0 Å². The fourth-order valence-electron chi connectivity index (χ4n) is 1.92. The van der Waals surface area contributed by atoms with Gasteiger partial charge in [0, 0.05) is 35.4 Å². The SMILES string of the molecule is N#CC(c1ccc(F)cc1)N1CCS(=O)CC1. The number of hydrogen-bond acceptors (Lipinski definition) is 3. The van der Waals surface area contributed by atoms with Crippen LogP contribution in [0.4, 0.5) is 4.39 Å². The number of rotatable bonds is 2. The second-order valence-electron chi connectivity index (χ2n) is 3.97. The van der Waals surface area contributed by atoms with Crippen LogP contribution in [0, 0.1) is 17.1 Å². The smallest absolute Gasteiger partial charge is 0.123 e. The van der Waals surface area contributed by atoms with Crippen molar-refractivity contribution in [3.63, 3.8) is 0 Å². The standard InChI is InChI=1S/C12H13FN2OS/c13-11-3-1-10(2-4-11)12(9-14)15-5-7-17(16)8-6-15/h1-4,12H,5-8H2. The van der Waals surface area contributed by atoms with Gasteiger partial charge in [0.25, 0.3) is 0 Å². The highest BCUT2D eigenvalue weighted by atomic mass is 32.2. The topological polar surface area (TPSA) is 44.1 Å². The Balaban J connectivity index is 2.14. The Morgan fingerprint density at radius 3 is 2.41 bits per heavy atom. The summed E-state index contributed by atoms with van der Waals surface area (Å²) in [4.78, 5) is 1.99. The van der Waals surface area contributed by atoms with Crippen molar-refractivity contribution in [2.75, 3.05) is 24.6 Å². The maximum absolute atomic E-state index is 12.8. The van der Waals surface area contributed by atoms with Crippen LogP contribution in [0.25, 0.3) is 0 Å². The van der Waals surface area contributed by atoms with E-state index in [4.69, 9.17) is 0 Å². The Bertz CT molecular complexity index is 445. The third-order valence-corrected chi connectivity index (χ3v) is 4.16. The molecule has 1 saturated heterocycles. The van der Waals surface area contributed by atoms with Crippen molar-refractivity contribution in [3.05, 3.63) is 35.6 Å². The number of hydrogen-bond donors (Lipinski definition) is 0. The Morgan fingerprint density at radius 1 is 1.29 bits per heavy atom. The Labute approximate surface area is 102 Å². The summed E-state index contributed by atoms with van der Waals surface area (Å²) >= 11 is 0. The third kappa shape index (κ3) is 2.90. The molecule has 1 aliphatic heterocycles. The summed E-state index contributed by atoms with van der Waals surface area (Å²) in [6.07, 6.45) is 0. The second kappa shape index (κ2) is 5.39. The predicted molar refractivity (Wildman–Crippen MR) is 64.2 cm³/mol. The van der Waals surface area contributed by atoms with Crippen LogP contribution in [-0.2, 0) is 10.8 Å². The summed E-state index contributed by atoms with van der Waals surface area (Å²) in [7, 11) is -0.751. The molecule has 0 amide bonds. The lowest BCUT2D eigenvalue weighted by atomic mass is 10.1. The molecule has 0 aromatic heterocycles. The number of nitrogens with zero attached hydrogens (tertiary/aromatic N) is 2. The third-order valence-electron chi connectivity index (χ3n) is 2.89. The van der Waals surface area contributed by atoms with Crippen molar-refractivity contribution in [2.24, 2.45) is 0 Å². The van der Waals surface area contributed by atoms with Crippen LogP contribution in [0.3, 0.4) is 0 Å². The monoisotopic (exact) mass is 252 g/mol. The van der Waals surface area contributed by atoms with Crippen molar-refractivity contribution in [1.29, 1.82) is 5.26 Å². The number of nitriles is 1. The van der Waals surface area contributed by atoms with Crippen molar-refractivity contribution < 1.29 is 8.60 Å². The van der Waals surface area contributed by atoms with Crippen molar-refractivity contribution >= 4 is 10.8 Å². The molecule has 1 atom stereocenters. The molecule has 1 heterocycles. The first-order valence-electron chi connectivity index (χ1n) is 5.45. The fourth-order valence-corrected chi connectivity index (χ4v) is 3.00. The van der Waals surface area contributed by atoms with Gasteiger partial charge in [0.2, 0.25) is 0 Å². The average molecular weight is 252 g/mol. The van der Waals surface area contributed by atoms with Crippen LogP contribution < -0.4 is 0 Å². The van der Waals surface area contributed by atoms with E-state index in [1.807, 2.05) is 4.90 Å². The van der Waals surface area contributed by atoms with E-state index in [-0.39, 0.29) is 11.9 Å². The van der Waals surface area contributed by atoms with E-state index in [9.17, 15) is 13.9 Å². The Hall–Kier alpha value is -1.25. The first-order valence-corrected chi connectivity index (χ1v) is 6.93. The van der Waals surface area contributed by atoms with Crippen LogP contribution in [0.5, 0.6) is 0 Å². The van der Waals surface area contributed by atoms with E-state index < -0.39 is 10.8 Å². The van der Waals surface area contributed by atoms with E-state index in [0.29, 0.717) is 24.6 Å². The fraction of sp³-hybridized carbons (Fsp3) is 0.417. The molecular weight excluding hydrogens is 239 g/mol. The first-order chi connectivity index (χ1) is 8.20. The van der Waals surface area contributed by atoms with Crippen molar-refractivity contribution in [2.45, 2.75) is 6.04 Å². The van der Waals surface area contributed by atoms with Crippen LogP contribution in [0.2, 0.25) is 0 Å². The highest BCUT2D eigenvalue weighted by molar-refractivity contribution is 7.85. The lowest BCUT2D eigenvalue weighted by Gasteiger charge is -2.30. The maximum atomic E-state index is 12.8. The lowest BCUT2D eigenvalue weighted by Crippen LogP contribution is -2.39. The van der Waals surface area contributed by atoms with E-state index in [0.717, 1.165) is 5.56 Å². The second-order valence-corrected chi connectivity index (χ2v) is 5.66. The highest BCUT2D eigenvalue weighted by Gasteiger charge is 2.24. The molecule has 0 radical (unpaired) electrons. The van der Waals surface area contributed by atoms with E-state index in [1.165, 1.54) is 12.1 Å². The molecule has 1 aromatic carbocycles. The number of halogens is 1. The van der Waals surface area contributed by atoms with Gasteiger partial charge in [0.15, 0.2) is 0 Å². The molecule has 0 saturated carbocycles. The molecule has 17 heavy (non-hydrogen) atoms. The van der Waals surface area contributed by atoms with Crippen LogP contribution in [0.15, 0.2) is 24.3 Å². The van der Waals surface area contributed by atoms with Gasteiger partial charge in [-0.15, -0.1) is 0 Å². The highest BCUT2D eigenvalue weighted by Crippen LogP contribution is 2.21. The molecule has 3 nitrogen and oxygen atoms in total. The van der Waals surface area contributed by atoms with Gasteiger partial charge in [0.05, 0.1) is 6.07 Å². The molecule has 1 fully saturated rings. The normalized spacial score (nSPS) is 19.8. The molecule has 0 N–H and O–H groups in total. The molecule has 2 rings (SSSR count). The quantitative estimate of drug-likeness (QED) is 0.800.